The highest BCUT2D eigenvalue weighted by molar-refractivity contribution is 5.78. The van der Waals surface area contributed by atoms with Gasteiger partial charge in [0, 0.05) is 12.8 Å². The molecular weight excluding hydrogens is 244 g/mol. The van der Waals surface area contributed by atoms with Crippen molar-refractivity contribution in [3.8, 4) is 5.75 Å². The minimum Gasteiger partial charge on any atom is -0.478 e. The number of carboxylic acid groups (broad SMARTS) is 1. The number of ether oxygens (including phenoxy) is 2. The fraction of sp³-hybridized carbons (Fsp3) is 0.533. The Morgan fingerprint density at radius 2 is 1.74 bits per heavy atom. The summed E-state index contributed by atoms with van der Waals surface area (Å²) < 4.78 is 11.1. The van der Waals surface area contributed by atoms with Gasteiger partial charge in [0.2, 0.25) is 5.60 Å². The molecule has 1 aromatic carbocycles. The van der Waals surface area contributed by atoms with Gasteiger partial charge in [0.1, 0.15) is 5.75 Å². The minimum absolute atomic E-state index is 0.384. The molecule has 1 aliphatic heterocycles. The summed E-state index contributed by atoms with van der Waals surface area (Å²) >= 11 is 0. The standard InChI is InChI=1S/C15H20O4/c1-10-8-12(3)13(9-11(10)2)19-15(14(16)17)4-6-18-7-5-15/h8-9H,4-7H2,1-3H3,(H,16,17). The molecular formula is C15H20O4. The van der Waals surface area contributed by atoms with Gasteiger partial charge in [-0.25, -0.2) is 4.79 Å². The lowest BCUT2D eigenvalue weighted by Crippen LogP contribution is -2.49. The zero-order chi connectivity index (χ0) is 14.0. The second-order valence-electron chi connectivity index (χ2n) is 5.22. The zero-order valence-electron chi connectivity index (χ0n) is 11.7. The van der Waals surface area contributed by atoms with Gasteiger partial charge < -0.3 is 14.6 Å². The topological polar surface area (TPSA) is 55.8 Å². The molecule has 1 fully saturated rings. The molecule has 19 heavy (non-hydrogen) atoms. The minimum atomic E-state index is -1.15. The first-order chi connectivity index (χ1) is 8.94. The van der Waals surface area contributed by atoms with Gasteiger partial charge in [-0.2, -0.15) is 0 Å². The molecule has 0 bridgehead atoms. The Hall–Kier alpha value is -1.55. The number of aliphatic carboxylic acids is 1. The van der Waals surface area contributed by atoms with E-state index in [2.05, 4.69) is 0 Å². The predicted molar refractivity (Wildman–Crippen MR) is 71.7 cm³/mol. The van der Waals surface area contributed by atoms with Crippen LogP contribution in [0, 0.1) is 20.8 Å². The van der Waals surface area contributed by atoms with Gasteiger partial charge in [0.05, 0.1) is 13.2 Å². The summed E-state index contributed by atoms with van der Waals surface area (Å²) in [6, 6.07) is 3.95. The van der Waals surface area contributed by atoms with Crippen LogP contribution in [0.1, 0.15) is 29.5 Å². The van der Waals surface area contributed by atoms with E-state index in [0.717, 1.165) is 11.1 Å². The molecule has 0 radical (unpaired) electrons. The highest BCUT2D eigenvalue weighted by Crippen LogP contribution is 2.31. The Morgan fingerprint density at radius 3 is 2.32 bits per heavy atom. The zero-order valence-corrected chi connectivity index (χ0v) is 11.7. The molecule has 0 aliphatic carbocycles. The van der Waals surface area contributed by atoms with Crippen LogP contribution < -0.4 is 4.74 Å². The van der Waals surface area contributed by atoms with E-state index in [0.29, 0.717) is 31.8 Å². The molecule has 0 amide bonds. The maximum Gasteiger partial charge on any atom is 0.348 e. The van der Waals surface area contributed by atoms with Crippen LogP contribution >= 0.6 is 0 Å². The Kier molecular flexibility index (Phi) is 3.80. The van der Waals surface area contributed by atoms with Crippen molar-refractivity contribution in [2.45, 2.75) is 39.2 Å². The quantitative estimate of drug-likeness (QED) is 0.911. The van der Waals surface area contributed by atoms with Crippen molar-refractivity contribution in [3.63, 3.8) is 0 Å². The van der Waals surface area contributed by atoms with Crippen LogP contribution in [-0.4, -0.2) is 29.9 Å². The van der Waals surface area contributed by atoms with Crippen molar-refractivity contribution < 1.29 is 19.4 Å². The van der Waals surface area contributed by atoms with Crippen molar-refractivity contribution in [2.75, 3.05) is 13.2 Å². The molecule has 0 saturated carbocycles. The van der Waals surface area contributed by atoms with E-state index in [-0.39, 0.29) is 0 Å². The molecule has 4 nitrogen and oxygen atoms in total. The summed E-state index contributed by atoms with van der Waals surface area (Å²) in [5, 5.41) is 9.48. The van der Waals surface area contributed by atoms with Crippen LogP contribution in [0.2, 0.25) is 0 Å². The van der Waals surface area contributed by atoms with Gasteiger partial charge in [-0.05, 0) is 43.5 Å². The third kappa shape index (κ3) is 2.73. The Bertz CT molecular complexity index is 487. The molecule has 0 unspecified atom stereocenters. The van der Waals surface area contributed by atoms with Crippen LogP contribution in [-0.2, 0) is 9.53 Å². The summed E-state index contributed by atoms with van der Waals surface area (Å²) in [5.74, 6) is -0.249. The summed E-state index contributed by atoms with van der Waals surface area (Å²) in [4.78, 5) is 11.6. The van der Waals surface area contributed by atoms with E-state index in [4.69, 9.17) is 9.47 Å². The normalized spacial score (nSPS) is 18.1. The van der Waals surface area contributed by atoms with E-state index < -0.39 is 11.6 Å². The van der Waals surface area contributed by atoms with E-state index in [1.165, 1.54) is 5.56 Å². The fourth-order valence-corrected chi connectivity index (χ4v) is 2.32. The smallest absolute Gasteiger partial charge is 0.348 e. The van der Waals surface area contributed by atoms with Crippen molar-refractivity contribution in [3.05, 3.63) is 28.8 Å². The third-order valence-electron chi connectivity index (χ3n) is 3.79. The first-order valence-electron chi connectivity index (χ1n) is 6.53. The van der Waals surface area contributed by atoms with Crippen LogP contribution in [0.5, 0.6) is 5.75 Å². The largest absolute Gasteiger partial charge is 0.478 e. The molecule has 0 atom stereocenters. The van der Waals surface area contributed by atoms with Crippen molar-refractivity contribution in [1.82, 2.24) is 0 Å². The number of carbonyl (C=O) groups is 1. The van der Waals surface area contributed by atoms with Crippen molar-refractivity contribution >= 4 is 5.97 Å². The van der Waals surface area contributed by atoms with E-state index in [1.807, 2.05) is 32.9 Å². The van der Waals surface area contributed by atoms with Gasteiger partial charge in [-0.3, -0.25) is 0 Å². The number of benzene rings is 1. The molecule has 1 N–H and O–H groups in total. The second kappa shape index (κ2) is 5.21. The maximum atomic E-state index is 11.6. The second-order valence-corrected chi connectivity index (χ2v) is 5.22. The monoisotopic (exact) mass is 264 g/mol. The highest BCUT2D eigenvalue weighted by atomic mass is 16.5. The SMILES string of the molecule is Cc1cc(C)c(OC2(C(=O)O)CCOCC2)cc1C. The average molecular weight is 264 g/mol. The highest BCUT2D eigenvalue weighted by Gasteiger charge is 2.43. The van der Waals surface area contributed by atoms with Crippen LogP contribution in [0.4, 0.5) is 0 Å². The first kappa shape index (κ1) is 13.9. The van der Waals surface area contributed by atoms with Crippen molar-refractivity contribution in [2.24, 2.45) is 0 Å². The van der Waals surface area contributed by atoms with E-state index in [1.54, 1.807) is 0 Å². The van der Waals surface area contributed by atoms with Gasteiger partial charge in [0.25, 0.3) is 0 Å². The van der Waals surface area contributed by atoms with Crippen molar-refractivity contribution in [1.29, 1.82) is 0 Å². The van der Waals surface area contributed by atoms with E-state index >= 15 is 0 Å². The lowest BCUT2D eigenvalue weighted by Gasteiger charge is -2.34. The molecule has 2 rings (SSSR count). The molecule has 0 spiro atoms. The molecule has 1 aliphatic rings. The van der Waals surface area contributed by atoms with E-state index in [9.17, 15) is 9.90 Å². The first-order valence-corrected chi connectivity index (χ1v) is 6.53. The summed E-state index contributed by atoms with van der Waals surface area (Å²) in [6.07, 6.45) is 0.767. The lowest BCUT2D eigenvalue weighted by atomic mass is 9.93. The summed E-state index contributed by atoms with van der Waals surface area (Å²) in [6.45, 7) is 6.83. The Balaban J connectivity index is 2.32. The fourth-order valence-electron chi connectivity index (χ4n) is 2.32. The number of hydrogen-bond acceptors (Lipinski definition) is 3. The van der Waals surface area contributed by atoms with Crippen LogP contribution in [0.25, 0.3) is 0 Å². The molecule has 4 heteroatoms. The lowest BCUT2D eigenvalue weighted by molar-refractivity contribution is -0.163. The predicted octanol–water partition coefficient (Wildman–Crippen LogP) is 2.62. The van der Waals surface area contributed by atoms with Crippen LogP contribution in [0.3, 0.4) is 0 Å². The number of rotatable bonds is 3. The molecule has 0 aromatic heterocycles. The summed E-state index contributed by atoms with van der Waals surface area (Å²) in [5.41, 5.74) is 2.11. The summed E-state index contributed by atoms with van der Waals surface area (Å²) in [7, 11) is 0. The van der Waals surface area contributed by atoms with Gasteiger partial charge in [-0.15, -0.1) is 0 Å². The number of hydrogen-bond donors (Lipinski definition) is 1. The number of aryl methyl sites for hydroxylation is 3. The molecule has 1 aromatic rings. The third-order valence-corrected chi connectivity index (χ3v) is 3.79. The average Bonchev–Trinajstić information content (AvgIpc) is 2.37. The van der Waals surface area contributed by atoms with Gasteiger partial charge in [-0.1, -0.05) is 6.07 Å². The van der Waals surface area contributed by atoms with Gasteiger partial charge in [0.15, 0.2) is 0 Å². The maximum absolute atomic E-state index is 11.6. The Morgan fingerprint density at radius 1 is 1.16 bits per heavy atom. The van der Waals surface area contributed by atoms with Crippen LogP contribution in [0.15, 0.2) is 12.1 Å². The molecule has 104 valence electrons. The van der Waals surface area contributed by atoms with Gasteiger partial charge >= 0.3 is 5.97 Å². The number of carboxylic acids is 1. The molecule has 1 heterocycles. The molecule has 1 saturated heterocycles. The Labute approximate surface area is 113 Å².